The number of nitrogens with two attached hydrogens (primary N) is 1. The van der Waals surface area contributed by atoms with Gasteiger partial charge in [0.05, 0.1) is 39.3 Å². The topological polar surface area (TPSA) is 215 Å². The first kappa shape index (κ1) is 67.0. The largest absolute Gasteiger partial charge is 0.542 e. The highest BCUT2D eigenvalue weighted by atomic mass is 19.4. The second kappa shape index (κ2) is 44.7. The van der Waals surface area contributed by atoms with Crippen LogP contribution in [0.2, 0.25) is 0 Å². The van der Waals surface area contributed by atoms with Gasteiger partial charge in [0, 0.05) is 43.9 Å². The molecule has 1 aliphatic rings. The van der Waals surface area contributed by atoms with Crippen LogP contribution in [0.4, 0.5) is 13.2 Å². The average molecular weight is 1020 g/mol. The monoisotopic (exact) mass is 1020 g/mol. The number of rotatable bonds is 43. The van der Waals surface area contributed by atoms with Crippen LogP contribution in [0.5, 0.6) is 0 Å². The van der Waals surface area contributed by atoms with E-state index < -0.39 is 42.0 Å². The van der Waals surface area contributed by atoms with Crippen molar-refractivity contribution in [1.82, 2.24) is 0 Å². The van der Waals surface area contributed by atoms with Gasteiger partial charge in [0.2, 0.25) is 0 Å². The standard InChI is InChI=1S/C51H91NO12.C2HF3O2/c1-5-9-13-17-21-25-29-46(53)59-37-42(38-60-47(54)30-26-22-18-14-10-6-2)33-50(57)63-41-44-35-45(36-52-44)64-51(58)34-43(39-61-48(55)31-27-23-19-15-11-7-3)40-62-49(56)32-28-24-20-16-12-8-4;3-2(4,5)1(6)7/h42-45,52H,5-41H2,1-4H3;(H,6,7)/t44-,45+;/m1./s1. The highest BCUT2D eigenvalue weighted by Crippen LogP contribution is 2.17. The summed E-state index contributed by atoms with van der Waals surface area (Å²) in [6, 6.07) is -0.132. The lowest BCUT2D eigenvalue weighted by Gasteiger charge is -2.18. The van der Waals surface area contributed by atoms with Gasteiger partial charge in [-0.3, -0.25) is 28.8 Å². The molecule has 0 aromatic carbocycles. The molecule has 0 radical (unpaired) electrons. The van der Waals surface area contributed by atoms with Crippen molar-refractivity contribution in [3.63, 3.8) is 0 Å². The van der Waals surface area contributed by atoms with Gasteiger partial charge < -0.3 is 43.6 Å². The minimum absolute atomic E-state index is 0.0406. The van der Waals surface area contributed by atoms with E-state index in [4.69, 9.17) is 38.3 Å². The van der Waals surface area contributed by atoms with Gasteiger partial charge >= 0.3 is 42.0 Å². The number of carboxylic acids is 1. The van der Waals surface area contributed by atoms with Crippen LogP contribution in [-0.2, 0) is 62.0 Å². The zero-order chi connectivity index (χ0) is 53.0. The normalized spacial score (nSPS) is 14.4. The van der Waals surface area contributed by atoms with Crippen molar-refractivity contribution in [2.45, 2.75) is 245 Å². The Morgan fingerprint density at radius 3 is 1.07 bits per heavy atom. The Kier molecular flexibility index (Phi) is 42.2. The number of aliphatic carboxylic acids is 1. The van der Waals surface area contributed by atoms with Gasteiger partial charge in [0.25, 0.3) is 0 Å². The molecule has 0 saturated carbocycles. The van der Waals surface area contributed by atoms with E-state index in [1.54, 1.807) is 0 Å². The molecule has 71 heavy (non-hydrogen) atoms. The Morgan fingerprint density at radius 1 is 0.465 bits per heavy atom. The SMILES string of the molecule is CCCCCCCCC(=O)OCC(COC(=O)CCCCCCCC)CC(=O)OC[C@H]1C[C@H](OC(=O)CC(COC(=O)CCCCCCCC)COC(=O)CCCCCCCC)C[NH2+]1.O=C([O-])C(F)(F)F. The number of alkyl halides is 3. The number of carbonyl (C=O) groups excluding carboxylic acids is 7. The number of hydrogen-bond acceptors (Lipinski definition) is 14. The lowest BCUT2D eigenvalue weighted by atomic mass is 10.1. The van der Waals surface area contributed by atoms with Crippen molar-refractivity contribution < 1.29 is 85.6 Å². The number of quaternary nitrogens is 1. The Labute approximate surface area is 422 Å². The third kappa shape index (κ3) is 42.3. The first-order chi connectivity index (χ1) is 34.0. The van der Waals surface area contributed by atoms with Crippen LogP contribution in [0.3, 0.4) is 0 Å². The van der Waals surface area contributed by atoms with Gasteiger partial charge in [-0.15, -0.1) is 0 Å². The molecule has 2 N–H and O–H groups in total. The van der Waals surface area contributed by atoms with E-state index in [1.165, 1.54) is 25.7 Å². The van der Waals surface area contributed by atoms with Gasteiger partial charge in [0.15, 0.2) is 6.10 Å². The smallest absolute Gasteiger partial charge is 0.430 e. The third-order valence-corrected chi connectivity index (χ3v) is 12.1. The molecule has 0 aromatic heterocycles. The number of esters is 6. The number of ether oxygens (including phenoxy) is 6. The maximum atomic E-state index is 13.2. The molecule has 2 atom stereocenters. The highest BCUT2D eigenvalue weighted by Gasteiger charge is 2.33. The minimum Gasteiger partial charge on any atom is -0.542 e. The summed E-state index contributed by atoms with van der Waals surface area (Å²) in [5, 5.41) is 10.8. The molecule has 1 fully saturated rings. The second-order valence-electron chi connectivity index (χ2n) is 19.0. The quantitative estimate of drug-likeness (QED) is 0.0342. The number of unbranched alkanes of at least 4 members (excludes halogenated alkanes) is 20. The van der Waals surface area contributed by atoms with Crippen LogP contribution >= 0.6 is 0 Å². The summed E-state index contributed by atoms with van der Waals surface area (Å²) < 4.78 is 65.1. The zero-order valence-electron chi connectivity index (χ0n) is 43.9. The van der Waals surface area contributed by atoms with Gasteiger partial charge in [-0.25, -0.2) is 0 Å². The highest BCUT2D eigenvalue weighted by molar-refractivity contribution is 5.73. The van der Waals surface area contributed by atoms with Crippen molar-refractivity contribution in [3.8, 4) is 0 Å². The molecule has 1 rings (SSSR count). The second-order valence-corrected chi connectivity index (χ2v) is 19.0. The maximum absolute atomic E-state index is 13.2. The average Bonchev–Trinajstić information content (AvgIpc) is 3.78. The van der Waals surface area contributed by atoms with Crippen molar-refractivity contribution >= 4 is 41.8 Å². The Balaban J connectivity index is 0.00000647. The summed E-state index contributed by atoms with van der Waals surface area (Å²) in [5.41, 5.74) is 0. The number of hydrogen-bond donors (Lipinski definition) is 1. The lowest BCUT2D eigenvalue weighted by Crippen LogP contribution is -2.88. The molecule has 0 amide bonds. The number of carboxylic acid groups (broad SMARTS) is 1. The Hall–Kier alpha value is -3.96. The molecule has 414 valence electrons. The van der Waals surface area contributed by atoms with E-state index in [-0.39, 0.29) is 75.8 Å². The lowest BCUT2D eigenvalue weighted by molar-refractivity contribution is -0.673. The van der Waals surface area contributed by atoms with Crippen molar-refractivity contribution in [2.24, 2.45) is 11.8 Å². The fraction of sp³-hybridized carbons (Fsp3) is 0.868. The van der Waals surface area contributed by atoms with E-state index in [9.17, 15) is 41.9 Å². The van der Waals surface area contributed by atoms with E-state index in [0.29, 0.717) is 38.6 Å². The van der Waals surface area contributed by atoms with Crippen molar-refractivity contribution in [2.75, 3.05) is 39.6 Å². The Morgan fingerprint density at radius 2 is 0.761 bits per heavy atom. The molecule has 18 heteroatoms. The van der Waals surface area contributed by atoms with E-state index in [1.807, 2.05) is 5.32 Å². The van der Waals surface area contributed by atoms with Crippen LogP contribution < -0.4 is 10.4 Å². The van der Waals surface area contributed by atoms with E-state index in [0.717, 1.165) is 128 Å². The molecule has 15 nitrogen and oxygen atoms in total. The van der Waals surface area contributed by atoms with Gasteiger partial charge in [-0.2, -0.15) is 13.2 Å². The van der Waals surface area contributed by atoms with Crippen LogP contribution in [0.15, 0.2) is 0 Å². The summed E-state index contributed by atoms with van der Waals surface area (Å²) in [6.07, 6.45) is 21.2. The third-order valence-electron chi connectivity index (χ3n) is 12.1. The molecule has 1 saturated heterocycles. The Bertz CT molecular complexity index is 1370. The van der Waals surface area contributed by atoms with Crippen molar-refractivity contribution in [3.05, 3.63) is 0 Å². The molecule has 0 spiro atoms. The predicted molar refractivity (Wildman–Crippen MR) is 259 cm³/mol. The van der Waals surface area contributed by atoms with E-state index in [2.05, 4.69) is 27.7 Å². The summed E-state index contributed by atoms with van der Waals surface area (Å²) in [7, 11) is 0. The van der Waals surface area contributed by atoms with Crippen molar-refractivity contribution in [1.29, 1.82) is 0 Å². The first-order valence-corrected chi connectivity index (χ1v) is 27.1. The molecule has 0 unspecified atom stereocenters. The fourth-order valence-electron chi connectivity index (χ4n) is 7.73. The predicted octanol–water partition coefficient (Wildman–Crippen LogP) is 9.26. The fourth-order valence-corrected chi connectivity index (χ4v) is 7.73. The zero-order valence-corrected chi connectivity index (χ0v) is 43.9. The molecule has 1 heterocycles. The maximum Gasteiger partial charge on any atom is 0.430 e. The van der Waals surface area contributed by atoms with Gasteiger partial charge in [0.1, 0.15) is 25.2 Å². The summed E-state index contributed by atoms with van der Waals surface area (Å²) in [4.78, 5) is 85.0. The van der Waals surface area contributed by atoms with Gasteiger partial charge in [-0.05, 0) is 25.7 Å². The first-order valence-electron chi connectivity index (χ1n) is 27.1. The minimum atomic E-state index is -5.19. The molecular formula is C53H92F3NO14. The molecular weight excluding hydrogens is 932 g/mol. The van der Waals surface area contributed by atoms with Crippen LogP contribution in [-0.4, -0.2) is 99.7 Å². The molecule has 0 bridgehead atoms. The number of carbonyl (C=O) groups is 7. The molecule has 0 aliphatic carbocycles. The molecule has 0 aromatic rings. The van der Waals surface area contributed by atoms with Crippen LogP contribution in [0, 0.1) is 11.8 Å². The summed E-state index contributed by atoms with van der Waals surface area (Å²) in [5.74, 6) is -6.33. The van der Waals surface area contributed by atoms with E-state index >= 15 is 0 Å². The number of halogens is 3. The van der Waals surface area contributed by atoms with Crippen LogP contribution in [0.1, 0.15) is 227 Å². The summed E-state index contributed by atoms with van der Waals surface area (Å²) in [6.45, 7) is 9.08. The van der Waals surface area contributed by atoms with Gasteiger partial charge in [-0.1, -0.05) is 156 Å². The molecule has 1 aliphatic heterocycles. The summed E-state index contributed by atoms with van der Waals surface area (Å²) >= 11 is 0. The van der Waals surface area contributed by atoms with Crippen LogP contribution in [0.25, 0.3) is 0 Å².